The number of anilines is 1. The quantitative estimate of drug-likeness (QED) is 0.869. The summed E-state index contributed by atoms with van der Waals surface area (Å²) in [4.78, 5) is 4.54. The van der Waals surface area contributed by atoms with Crippen LogP contribution in [0.2, 0.25) is 0 Å². The van der Waals surface area contributed by atoms with Crippen LogP contribution in [0, 0.1) is 0 Å². The first-order chi connectivity index (χ1) is 9.79. The fourth-order valence-corrected chi connectivity index (χ4v) is 2.70. The van der Waals surface area contributed by atoms with Crippen LogP contribution in [0.15, 0.2) is 24.5 Å². The van der Waals surface area contributed by atoms with Gasteiger partial charge in [-0.25, -0.2) is 4.98 Å². The standard InChI is InChI=1S/C16H21N3O/c1-2-9-20-16-10-12(7-8-13(16)17)19-11-18-14-5-3-4-6-15(14)19/h7-8,10-11H,2-6,9,17H2,1H3. The number of nitrogens with two attached hydrogens (primary N) is 1. The molecule has 1 aromatic carbocycles. The summed E-state index contributed by atoms with van der Waals surface area (Å²) in [5, 5.41) is 0. The van der Waals surface area contributed by atoms with Crippen molar-refractivity contribution in [2.75, 3.05) is 12.3 Å². The van der Waals surface area contributed by atoms with Gasteiger partial charge in [-0.1, -0.05) is 6.92 Å². The van der Waals surface area contributed by atoms with Gasteiger partial charge in [-0.2, -0.15) is 0 Å². The maximum Gasteiger partial charge on any atom is 0.144 e. The van der Waals surface area contributed by atoms with Crippen LogP contribution < -0.4 is 10.5 Å². The molecule has 0 unspecified atom stereocenters. The highest BCUT2D eigenvalue weighted by atomic mass is 16.5. The Kier molecular flexibility index (Phi) is 3.63. The molecule has 2 aromatic rings. The Morgan fingerprint density at radius 3 is 3.00 bits per heavy atom. The third kappa shape index (κ3) is 2.38. The van der Waals surface area contributed by atoms with Gasteiger partial charge in [0.15, 0.2) is 0 Å². The zero-order valence-corrected chi connectivity index (χ0v) is 11.9. The van der Waals surface area contributed by atoms with Crippen LogP contribution in [-0.2, 0) is 12.8 Å². The van der Waals surface area contributed by atoms with Crippen LogP contribution in [0.4, 0.5) is 5.69 Å². The molecule has 3 rings (SSSR count). The van der Waals surface area contributed by atoms with E-state index in [1.54, 1.807) is 0 Å². The minimum absolute atomic E-state index is 0.690. The molecule has 0 saturated carbocycles. The molecule has 4 heteroatoms. The van der Waals surface area contributed by atoms with Gasteiger partial charge in [-0.15, -0.1) is 0 Å². The number of nitrogens with zero attached hydrogens (tertiary/aromatic N) is 2. The average Bonchev–Trinajstić information content (AvgIpc) is 2.90. The van der Waals surface area contributed by atoms with Gasteiger partial charge in [0.25, 0.3) is 0 Å². The Labute approximate surface area is 119 Å². The van der Waals surface area contributed by atoms with E-state index in [1.165, 1.54) is 24.2 Å². The number of hydrogen-bond acceptors (Lipinski definition) is 3. The van der Waals surface area contributed by atoms with Gasteiger partial charge in [0.2, 0.25) is 0 Å². The molecule has 0 radical (unpaired) electrons. The molecular weight excluding hydrogens is 250 g/mol. The zero-order chi connectivity index (χ0) is 13.9. The zero-order valence-electron chi connectivity index (χ0n) is 11.9. The van der Waals surface area contributed by atoms with E-state index >= 15 is 0 Å². The minimum atomic E-state index is 0.690. The van der Waals surface area contributed by atoms with E-state index in [0.717, 1.165) is 30.7 Å². The number of imidazole rings is 1. The number of fused-ring (bicyclic) bond motifs is 1. The van der Waals surface area contributed by atoms with Gasteiger partial charge >= 0.3 is 0 Å². The number of nitrogen functional groups attached to an aromatic ring is 1. The summed E-state index contributed by atoms with van der Waals surface area (Å²) in [6, 6.07) is 5.96. The van der Waals surface area contributed by atoms with E-state index < -0.39 is 0 Å². The second kappa shape index (κ2) is 5.57. The molecule has 0 amide bonds. The second-order valence-corrected chi connectivity index (χ2v) is 5.29. The summed E-state index contributed by atoms with van der Waals surface area (Å²) in [5.74, 6) is 0.766. The van der Waals surface area contributed by atoms with E-state index in [-0.39, 0.29) is 0 Å². The number of rotatable bonds is 4. The van der Waals surface area contributed by atoms with E-state index in [4.69, 9.17) is 10.5 Å². The van der Waals surface area contributed by atoms with Crippen LogP contribution in [-0.4, -0.2) is 16.2 Å². The topological polar surface area (TPSA) is 53.1 Å². The molecule has 1 aliphatic carbocycles. The maximum absolute atomic E-state index is 5.97. The normalized spacial score (nSPS) is 14.1. The molecule has 0 fully saturated rings. The van der Waals surface area contributed by atoms with Crippen molar-refractivity contribution in [2.45, 2.75) is 39.0 Å². The molecule has 0 aliphatic heterocycles. The predicted octanol–water partition coefficient (Wildman–Crippen LogP) is 3.12. The van der Waals surface area contributed by atoms with E-state index in [2.05, 4.69) is 16.5 Å². The molecule has 106 valence electrons. The molecule has 1 aliphatic rings. The van der Waals surface area contributed by atoms with Crippen LogP contribution >= 0.6 is 0 Å². The highest BCUT2D eigenvalue weighted by Gasteiger charge is 2.16. The molecular formula is C16H21N3O. The monoisotopic (exact) mass is 271 g/mol. The summed E-state index contributed by atoms with van der Waals surface area (Å²) in [6.07, 6.45) is 7.58. The van der Waals surface area contributed by atoms with E-state index in [9.17, 15) is 0 Å². The summed E-state index contributed by atoms with van der Waals surface area (Å²) in [7, 11) is 0. The van der Waals surface area contributed by atoms with E-state index in [0.29, 0.717) is 12.3 Å². The Hall–Kier alpha value is -1.97. The smallest absolute Gasteiger partial charge is 0.144 e. The third-order valence-corrected chi connectivity index (χ3v) is 3.77. The van der Waals surface area contributed by atoms with Crippen molar-refractivity contribution >= 4 is 5.69 Å². The number of hydrogen-bond donors (Lipinski definition) is 1. The largest absolute Gasteiger partial charge is 0.491 e. The highest BCUT2D eigenvalue weighted by molar-refractivity contribution is 5.58. The fourth-order valence-electron chi connectivity index (χ4n) is 2.70. The van der Waals surface area contributed by atoms with Crippen molar-refractivity contribution in [3.8, 4) is 11.4 Å². The number of aryl methyl sites for hydroxylation is 1. The first-order valence-electron chi connectivity index (χ1n) is 7.37. The molecule has 0 spiro atoms. The van der Waals surface area contributed by atoms with Crippen molar-refractivity contribution in [1.82, 2.24) is 9.55 Å². The Morgan fingerprint density at radius 2 is 2.15 bits per heavy atom. The van der Waals surface area contributed by atoms with Crippen LogP contribution in [0.5, 0.6) is 5.75 Å². The molecule has 0 saturated heterocycles. The van der Waals surface area contributed by atoms with Crippen molar-refractivity contribution in [3.05, 3.63) is 35.9 Å². The average molecular weight is 271 g/mol. The number of ether oxygens (including phenoxy) is 1. The highest BCUT2D eigenvalue weighted by Crippen LogP contribution is 2.28. The number of aromatic nitrogens is 2. The Bertz CT molecular complexity index is 604. The Balaban J connectivity index is 1.95. The van der Waals surface area contributed by atoms with Crippen molar-refractivity contribution < 1.29 is 4.74 Å². The summed E-state index contributed by atoms with van der Waals surface area (Å²) >= 11 is 0. The summed E-state index contributed by atoms with van der Waals surface area (Å²) in [6.45, 7) is 2.78. The van der Waals surface area contributed by atoms with E-state index in [1.807, 2.05) is 24.5 Å². The van der Waals surface area contributed by atoms with Gasteiger partial charge < -0.3 is 15.0 Å². The summed E-state index contributed by atoms with van der Waals surface area (Å²) in [5.41, 5.74) is 10.3. The predicted molar refractivity (Wildman–Crippen MR) is 80.4 cm³/mol. The van der Waals surface area contributed by atoms with Crippen LogP contribution in [0.3, 0.4) is 0 Å². The van der Waals surface area contributed by atoms with Crippen molar-refractivity contribution in [3.63, 3.8) is 0 Å². The SMILES string of the molecule is CCCOc1cc(-n2cnc3c2CCCC3)ccc1N. The first-order valence-corrected chi connectivity index (χ1v) is 7.37. The van der Waals surface area contributed by atoms with Crippen molar-refractivity contribution in [2.24, 2.45) is 0 Å². The van der Waals surface area contributed by atoms with Gasteiger partial charge in [-0.3, -0.25) is 0 Å². The molecule has 0 bridgehead atoms. The van der Waals surface area contributed by atoms with Gasteiger partial charge in [0.05, 0.1) is 30.0 Å². The lowest BCUT2D eigenvalue weighted by molar-refractivity contribution is 0.319. The lowest BCUT2D eigenvalue weighted by Crippen LogP contribution is -2.07. The van der Waals surface area contributed by atoms with Gasteiger partial charge in [0, 0.05) is 11.8 Å². The molecule has 1 aromatic heterocycles. The lowest BCUT2D eigenvalue weighted by Gasteiger charge is -2.15. The molecule has 0 atom stereocenters. The van der Waals surface area contributed by atoms with Gasteiger partial charge in [0.1, 0.15) is 5.75 Å². The third-order valence-electron chi connectivity index (χ3n) is 3.77. The second-order valence-electron chi connectivity index (χ2n) is 5.29. The number of benzene rings is 1. The first kappa shape index (κ1) is 13.0. The van der Waals surface area contributed by atoms with Gasteiger partial charge in [-0.05, 0) is 44.2 Å². The fraction of sp³-hybridized carbons (Fsp3) is 0.438. The molecule has 20 heavy (non-hydrogen) atoms. The van der Waals surface area contributed by atoms with Crippen molar-refractivity contribution in [1.29, 1.82) is 0 Å². The molecule has 4 nitrogen and oxygen atoms in total. The Morgan fingerprint density at radius 1 is 1.30 bits per heavy atom. The summed E-state index contributed by atoms with van der Waals surface area (Å²) < 4.78 is 7.88. The maximum atomic E-state index is 5.97. The van der Waals surface area contributed by atoms with Crippen LogP contribution in [0.1, 0.15) is 37.6 Å². The molecule has 2 N–H and O–H groups in total. The minimum Gasteiger partial charge on any atom is -0.491 e. The van der Waals surface area contributed by atoms with Crippen LogP contribution in [0.25, 0.3) is 5.69 Å². The lowest BCUT2D eigenvalue weighted by atomic mass is 10.0. The molecule has 1 heterocycles.